The Morgan fingerprint density at radius 2 is 1.16 bits per heavy atom. The minimum atomic E-state index is -0.759. The number of carbonyl (C=O) groups excluding carboxylic acids is 1. The molecule has 3 aromatic rings. The zero-order chi connectivity index (χ0) is 22.8. The van der Waals surface area contributed by atoms with Gasteiger partial charge in [-0.15, -0.1) is 0 Å². The van der Waals surface area contributed by atoms with Gasteiger partial charge in [-0.25, -0.2) is 0 Å². The van der Waals surface area contributed by atoms with Crippen molar-refractivity contribution >= 4 is 5.97 Å². The minimum Gasteiger partial charge on any atom is -0.460 e. The van der Waals surface area contributed by atoms with E-state index in [4.69, 9.17) is 9.47 Å². The van der Waals surface area contributed by atoms with Crippen LogP contribution in [-0.2, 0) is 19.9 Å². The maximum absolute atomic E-state index is 12.7. The molecular weight excluding hydrogens is 396 g/mol. The van der Waals surface area contributed by atoms with E-state index in [0.29, 0.717) is 6.61 Å². The third-order valence-electron chi connectivity index (χ3n) is 6.27. The second-order valence-corrected chi connectivity index (χ2v) is 9.67. The summed E-state index contributed by atoms with van der Waals surface area (Å²) in [5.74, 6) is 0.141. The van der Waals surface area contributed by atoms with Crippen LogP contribution in [0.1, 0.15) is 44.4 Å². The fraction of sp³-hybridized carbons (Fsp3) is 0.345. The number of esters is 1. The van der Waals surface area contributed by atoms with Crippen molar-refractivity contribution in [3.05, 3.63) is 108 Å². The Labute approximate surface area is 191 Å². The van der Waals surface area contributed by atoms with Gasteiger partial charge in [0, 0.05) is 0 Å². The summed E-state index contributed by atoms with van der Waals surface area (Å²) in [5.41, 5.74) is 1.97. The van der Waals surface area contributed by atoms with E-state index in [1.807, 2.05) is 75.4 Å². The van der Waals surface area contributed by atoms with Crippen LogP contribution in [0.15, 0.2) is 91.0 Å². The van der Waals surface area contributed by atoms with Gasteiger partial charge in [0.15, 0.2) is 0 Å². The van der Waals surface area contributed by atoms with Gasteiger partial charge >= 0.3 is 5.97 Å². The van der Waals surface area contributed by atoms with Crippen LogP contribution < -0.4 is 0 Å². The molecule has 4 rings (SSSR count). The van der Waals surface area contributed by atoms with Gasteiger partial charge in [0.1, 0.15) is 11.2 Å². The minimum absolute atomic E-state index is 0.116. The normalized spacial score (nSPS) is 20.6. The van der Waals surface area contributed by atoms with Crippen LogP contribution in [0.4, 0.5) is 0 Å². The molecule has 1 fully saturated rings. The van der Waals surface area contributed by atoms with Crippen LogP contribution in [0.25, 0.3) is 0 Å². The zero-order valence-corrected chi connectivity index (χ0v) is 19.3. The molecule has 1 aliphatic carbocycles. The van der Waals surface area contributed by atoms with Crippen LogP contribution >= 0.6 is 0 Å². The third kappa shape index (κ3) is 4.49. The third-order valence-corrected chi connectivity index (χ3v) is 6.27. The Kier molecular flexibility index (Phi) is 6.21. The molecule has 1 aliphatic rings. The molecule has 1 saturated carbocycles. The van der Waals surface area contributed by atoms with Crippen molar-refractivity contribution in [1.29, 1.82) is 0 Å². The van der Waals surface area contributed by atoms with Gasteiger partial charge in [-0.2, -0.15) is 0 Å². The summed E-state index contributed by atoms with van der Waals surface area (Å²) >= 11 is 0. The SMILES string of the molecule is CC1C(COC(c2ccccc2)(c2ccccc2)c2ccccc2)C1C(=O)OC(C)(C)C. The summed E-state index contributed by atoms with van der Waals surface area (Å²) in [6.45, 7) is 8.32. The first kappa shape index (κ1) is 22.3. The molecule has 3 aromatic carbocycles. The highest BCUT2D eigenvalue weighted by Crippen LogP contribution is 2.50. The Bertz CT molecular complexity index is 926. The topological polar surface area (TPSA) is 35.5 Å². The van der Waals surface area contributed by atoms with E-state index in [9.17, 15) is 4.79 Å². The van der Waals surface area contributed by atoms with Crippen molar-refractivity contribution in [3.8, 4) is 0 Å². The average Bonchev–Trinajstić information content (AvgIpc) is 3.45. The number of benzene rings is 3. The van der Waals surface area contributed by atoms with E-state index in [1.54, 1.807) is 0 Å². The Morgan fingerprint density at radius 1 is 0.750 bits per heavy atom. The second-order valence-electron chi connectivity index (χ2n) is 9.67. The molecule has 0 aromatic heterocycles. The highest BCUT2D eigenvalue weighted by Gasteiger charge is 2.54. The van der Waals surface area contributed by atoms with Crippen molar-refractivity contribution in [3.63, 3.8) is 0 Å². The van der Waals surface area contributed by atoms with Crippen molar-refractivity contribution in [2.45, 2.75) is 38.9 Å². The first-order chi connectivity index (χ1) is 15.3. The predicted octanol–water partition coefficient (Wildman–Crippen LogP) is 6.22. The molecule has 3 heteroatoms. The van der Waals surface area contributed by atoms with Crippen molar-refractivity contribution in [2.75, 3.05) is 6.61 Å². The molecule has 0 bridgehead atoms. The maximum atomic E-state index is 12.7. The molecule has 0 N–H and O–H groups in total. The van der Waals surface area contributed by atoms with E-state index in [2.05, 4.69) is 43.3 Å². The Balaban J connectivity index is 1.69. The van der Waals surface area contributed by atoms with Crippen LogP contribution in [0.5, 0.6) is 0 Å². The molecule has 0 saturated heterocycles. The van der Waals surface area contributed by atoms with E-state index >= 15 is 0 Å². The molecule has 3 atom stereocenters. The van der Waals surface area contributed by atoms with Crippen LogP contribution in [0.3, 0.4) is 0 Å². The summed E-state index contributed by atoms with van der Waals surface area (Å²) in [6.07, 6.45) is 0. The second kappa shape index (κ2) is 8.91. The number of rotatable bonds is 7. The van der Waals surface area contributed by atoms with Gasteiger partial charge in [-0.3, -0.25) is 4.79 Å². The molecule has 0 spiro atoms. The smallest absolute Gasteiger partial charge is 0.310 e. The average molecular weight is 429 g/mol. The van der Waals surface area contributed by atoms with Gasteiger partial charge in [0.25, 0.3) is 0 Å². The highest BCUT2D eigenvalue weighted by molar-refractivity contribution is 5.76. The van der Waals surface area contributed by atoms with Crippen LogP contribution in [0.2, 0.25) is 0 Å². The molecule has 32 heavy (non-hydrogen) atoms. The fourth-order valence-corrected chi connectivity index (χ4v) is 4.55. The number of ether oxygens (including phenoxy) is 2. The summed E-state index contributed by atoms with van der Waals surface area (Å²) in [6, 6.07) is 31.0. The lowest BCUT2D eigenvalue weighted by Gasteiger charge is -2.36. The summed E-state index contributed by atoms with van der Waals surface area (Å²) in [7, 11) is 0. The lowest BCUT2D eigenvalue weighted by Crippen LogP contribution is -2.34. The maximum Gasteiger partial charge on any atom is 0.310 e. The van der Waals surface area contributed by atoms with Crippen LogP contribution in [0, 0.1) is 17.8 Å². The lowest BCUT2D eigenvalue weighted by atomic mass is 9.80. The molecular formula is C29H32O3. The van der Waals surface area contributed by atoms with Gasteiger partial charge in [0.05, 0.1) is 12.5 Å². The van der Waals surface area contributed by atoms with E-state index < -0.39 is 11.2 Å². The Morgan fingerprint density at radius 3 is 1.53 bits per heavy atom. The first-order valence-corrected chi connectivity index (χ1v) is 11.4. The van der Waals surface area contributed by atoms with E-state index in [0.717, 1.165) is 16.7 Å². The van der Waals surface area contributed by atoms with E-state index in [-0.39, 0.29) is 23.7 Å². The summed E-state index contributed by atoms with van der Waals surface area (Å²) in [4.78, 5) is 12.7. The molecule has 166 valence electrons. The standard InChI is InChI=1S/C29H32O3/c1-21-25(26(21)27(30)32-28(2,3)4)20-31-29(22-14-8-5-9-15-22,23-16-10-6-11-17-23)24-18-12-7-13-19-24/h5-19,21,25-26H,20H2,1-4H3. The molecule has 0 heterocycles. The van der Waals surface area contributed by atoms with Crippen LogP contribution in [-0.4, -0.2) is 18.2 Å². The molecule has 0 aliphatic heterocycles. The summed E-state index contributed by atoms with van der Waals surface area (Å²) in [5, 5.41) is 0. The van der Waals surface area contributed by atoms with Crippen molar-refractivity contribution in [2.24, 2.45) is 17.8 Å². The first-order valence-electron chi connectivity index (χ1n) is 11.4. The number of hydrogen-bond donors (Lipinski definition) is 0. The molecule has 0 amide bonds. The monoisotopic (exact) mass is 428 g/mol. The van der Waals surface area contributed by atoms with Gasteiger partial charge in [-0.1, -0.05) is 97.9 Å². The molecule has 3 nitrogen and oxygen atoms in total. The van der Waals surface area contributed by atoms with E-state index in [1.165, 1.54) is 0 Å². The lowest BCUT2D eigenvalue weighted by molar-refractivity contribution is -0.157. The summed E-state index contributed by atoms with van der Waals surface area (Å²) < 4.78 is 12.5. The van der Waals surface area contributed by atoms with Gasteiger partial charge in [-0.05, 0) is 49.3 Å². The zero-order valence-electron chi connectivity index (χ0n) is 19.3. The largest absolute Gasteiger partial charge is 0.460 e. The quantitative estimate of drug-likeness (QED) is 0.331. The van der Waals surface area contributed by atoms with Crippen molar-refractivity contribution < 1.29 is 14.3 Å². The Hall–Kier alpha value is -2.91. The van der Waals surface area contributed by atoms with Gasteiger partial charge < -0.3 is 9.47 Å². The number of hydrogen-bond acceptors (Lipinski definition) is 3. The fourth-order valence-electron chi connectivity index (χ4n) is 4.55. The predicted molar refractivity (Wildman–Crippen MR) is 127 cm³/mol. The molecule has 3 unspecified atom stereocenters. The van der Waals surface area contributed by atoms with Crippen molar-refractivity contribution in [1.82, 2.24) is 0 Å². The number of carbonyl (C=O) groups is 1. The highest BCUT2D eigenvalue weighted by atomic mass is 16.6. The molecule has 0 radical (unpaired) electrons. The van der Waals surface area contributed by atoms with Gasteiger partial charge in [0.2, 0.25) is 0 Å².